The maximum absolute atomic E-state index is 8.46. The Kier molecular flexibility index (Phi) is 3.22. The Hall–Kier alpha value is -1.62. The molecule has 70 valence electrons. The van der Waals surface area contributed by atoms with Gasteiger partial charge in [0.25, 0.3) is 0 Å². The third kappa shape index (κ3) is 2.72. The highest BCUT2D eigenvalue weighted by molar-refractivity contribution is 5.94. The van der Waals surface area contributed by atoms with Crippen molar-refractivity contribution in [2.45, 2.75) is 0 Å². The third-order valence-electron chi connectivity index (χ3n) is 1.39. The molecular weight excluding hydrogens is 170 g/mol. The van der Waals surface area contributed by atoms with Crippen LogP contribution in [-0.2, 0) is 0 Å². The minimum atomic E-state index is -0.0455. The lowest BCUT2D eigenvalue weighted by Crippen LogP contribution is -2.11. The van der Waals surface area contributed by atoms with Crippen molar-refractivity contribution in [2.24, 2.45) is 5.73 Å². The minimum absolute atomic E-state index is 0.0267. The lowest BCUT2D eigenvalue weighted by atomic mass is 10.3. The predicted octanol–water partition coefficient (Wildman–Crippen LogP) is -0.263. The molecule has 0 amide bonds. The average molecular weight is 181 g/mol. The average Bonchev–Trinajstić information content (AvgIpc) is 2.15. The van der Waals surface area contributed by atoms with Crippen LogP contribution in [-0.4, -0.2) is 29.1 Å². The van der Waals surface area contributed by atoms with Crippen LogP contribution in [0, 0.1) is 5.41 Å². The van der Waals surface area contributed by atoms with E-state index in [2.05, 4.69) is 4.98 Å². The largest absolute Gasteiger partial charge is 0.475 e. The van der Waals surface area contributed by atoms with E-state index in [0.717, 1.165) is 0 Å². The van der Waals surface area contributed by atoms with Crippen molar-refractivity contribution in [3.63, 3.8) is 0 Å². The monoisotopic (exact) mass is 181 g/mol. The molecule has 5 nitrogen and oxygen atoms in total. The number of hydrogen-bond acceptors (Lipinski definition) is 4. The predicted molar refractivity (Wildman–Crippen MR) is 47.8 cm³/mol. The Morgan fingerprint density at radius 2 is 2.38 bits per heavy atom. The van der Waals surface area contributed by atoms with Crippen molar-refractivity contribution in [3.8, 4) is 5.88 Å². The Balaban J connectivity index is 2.64. The van der Waals surface area contributed by atoms with Crippen LogP contribution < -0.4 is 10.5 Å². The summed E-state index contributed by atoms with van der Waals surface area (Å²) in [7, 11) is 0. The highest BCUT2D eigenvalue weighted by Crippen LogP contribution is 2.06. The van der Waals surface area contributed by atoms with Crippen molar-refractivity contribution in [3.05, 3.63) is 23.9 Å². The molecule has 0 saturated heterocycles. The first-order valence-electron chi connectivity index (χ1n) is 3.78. The van der Waals surface area contributed by atoms with E-state index < -0.39 is 0 Å². The van der Waals surface area contributed by atoms with Gasteiger partial charge in [-0.25, -0.2) is 4.98 Å². The molecule has 0 fully saturated rings. The highest BCUT2D eigenvalue weighted by atomic mass is 16.5. The Labute approximate surface area is 75.7 Å². The molecule has 1 aromatic rings. The van der Waals surface area contributed by atoms with E-state index in [1.807, 2.05) is 0 Å². The number of aliphatic hydroxyl groups excluding tert-OH is 1. The molecule has 0 unspecified atom stereocenters. The molecule has 0 spiro atoms. The summed E-state index contributed by atoms with van der Waals surface area (Å²) in [4.78, 5) is 3.88. The second-order valence-corrected chi connectivity index (χ2v) is 2.37. The molecule has 0 radical (unpaired) electrons. The lowest BCUT2D eigenvalue weighted by Gasteiger charge is -2.03. The molecule has 0 aliphatic rings. The maximum Gasteiger partial charge on any atom is 0.213 e. The zero-order valence-electron chi connectivity index (χ0n) is 7.03. The Bertz CT molecular complexity index is 284. The van der Waals surface area contributed by atoms with Gasteiger partial charge < -0.3 is 15.6 Å². The molecule has 0 bridgehead atoms. The Morgan fingerprint density at radius 1 is 1.62 bits per heavy atom. The molecule has 4 N–H and O–H groups in total. The maximum atomic E-state index is 8.46. The number of nitrogen functional groups attached to an aromatic ring is 1. The lowest BCUT2D eigenvalue weighted by molar-refractivity contribution is 0.196. The number of aliphatic hydroxyl groups is 1. The number of nitrogens with zero attached hydrogens (tertiary/aromatic N) is 1. The molecule has 13 heavy (non-hydrogen) atoms. The van der Waals surface area contributed by atoms with Gasteiger partial charge in [-0.3, -0.25) is 5.41 Å². The number of pyridine rings is 1. The standard InChI is InChI=1S/C8H11N3O2/c9-8(10)6-1-2-7(11-5-6)13-4-3-12/h1-2,5,12H,3-4H2,(H3,9,10). The van der Waals surface area contributed by atoms with Crippen LogP contribution in [0.15, 0.2) is 18.3 Å². The fraction of sp³-hybridized carbons (Fsp3) is 0.250. The van der Waals surface area contributed by atoms with Crippen LogP contribution in [0.25, 0.3) is 0 Å². The summed E-state index contributed by atoms with van der Waals surface area (Å²) in [5.74, 6) is 0.389. The summed E-state index contributed by atoms with van der Waals surface area (Å²) >= 11 is 0. The summed E-state index contributed by atoms with van der Waals surface area (Å²) in [6, 6.07) is 3.24. The summed E-state index contributed by atoms with van der Waals surface area (Å²) in [5, 5.41) is 15.6. The first-order valence-corrected chi connectivity index (χ1v) is 3.78. The summed E-state index contributed by atoms with van der Waals surface area (Å²) in [6.07, 6.45) is 1.45. The summed E-state index contributed by atoms with van der Waals surface area (Å²) in [5.41, 5.74) is 5.78. The second-order valence-electron chi connectivity index (χ2n) is 2.37. The van der Waals surface area contributed by atoms with Crippen molar-refractivity contribution < 1.29 is 9.84 Å². The number of nitrogens with one attached hydrogen (secondary N) is 1. The van der Waals surface area contributed by atoms with E-state index in [-0.39, 0.29) is 19.0 Å². The number of hydrogen-bond donors (Lipinski definition) is 3. The van der Waals surface area contributed by atoms with Crippen LogP contribution in [0.2, 0.25) is 0 Å². The fourth-order valence-electron chi connectivity index (χ4n) is 0.775. The van der Waals surface area contributed by atoms with Gasteiger partial charge in [-0.15, -0.1) is 0 Å². The zero-order valence-corrected chi connectivity index (χ0v) is 7.03. The molecule has 0 aromatic carbocycles. The van der Waals surface area contributed by atoms with Gasteiger partial charge in [0.2, 0.25) is 5.88 Å². The number of ether oxygens (including phenoxy) is 1. The van der Waals surface area contributed by atoms with E-state index in [9.17, 15) is 0 Å². The molecule has 0 aliphatic heterocycles. The van der Waals surface area contributed by atoms with Gasteiger partial charge in [0.15, 0.2) is 0 Å². The van der Waals surface area contributed by atoms with Gasteiger partial charge in [0, 0.05) is 17.8 Å². The molecule has 0 atom stereocenters. The van der Waals surface area contributed by atoms with Crippen molar-refractivity contribution in [1.29, 1.82) is 5.41 Å². The molecular formula is C8H11N3O2. The first kappa shape index (κ1) is 9.47. The molecule has 1 aromatic heterocycles. The topological polar surface area (TPSA) is 92.2 Å². The van der Waals surface area contributed by atoms with Crippen molar-refractivity contribution in [2.75, 3.05) is 13.2 Å². The number of rotatable bonds is 4. The molecule has 1 rings (SSSR count). The third-order valence-corrected chi connectivity index (χ3v) is 1.39. The second kappa shape index (κ2) is 4.42. The number of nitrogens with two attached hydrogens (primary N) is 1. The minimum Gasteiger partial charge on any atom is -0.475 e. The molecule has 0 saturated carbocycles. The fourth-order valence-corrected chi connectivity index (χ4v) is 0.775. The molecule has 5 heteroatoms. The van der Waals surface area contributed by atoms with Crippen LogP contribution in [0.5, 0.6) is 5.88 Å². The van der Waals surface area contributed by atoms with Crippen LogP contribution >= 0.6 is 0 Å². The van der Waals surface area contributed by atoms with Crippen LogP contribution in [0.4, 0.5) is 0 Å². The van der Waals surface area contributed by atoms with Gasteiger partial charge in [-0.1, -0.05) is 0 Å². The van der Waals surface area contributed by atoms with Gasteiger partial charge >= 0.3 is 0 Å². The smallest absolute Gasteiger partial charge is 0.213 e. The molecule has 1 heterocycles. The highest BCUT2D eigenvalue weighted by Gasteiger charge is 1.97. The van der Waals surface area contributed by atoms with Crippen LogP contribution in [0.3, 0.4) is 0 Å². The van der Waals surface area contributed by atoms with Crippen LogP contribution in [0.1, 0.15) is 5.56 Å². The normalized spacial score (nSPS) is 9.62. The number of aromatic nitrogens is 1. The zero-order chi connectivity index (χ0) is 9.68. The van der Waals surface area contributed by atoms with E-state index in [0.29, 0.717) is 11.4 Å². The van der Waals surface area contributed by atoms with Crippen molar-refractivity contribution in [1.82, 2.24) is 4.98 Å². The summed E-state index contributed by atoms with van der Waals surface area (Å²) < 4.78 is 5.02. The first-order chi connectivity index (χ1) is 6.24. The van der Waals surface area contributed by atoms with E-state index in [1.54, 1.807) is 12.1 Å². The summed E-state index contributed by atoms with van der Waals surface area (Å²) in [6.45, 7) is 0.169. The van der Waals surface area contributed by atoms with Gasteiger partial charge in [0.1, 0.15) is 12.4 Å². The molecule has 0 aliphatic carbocycles. The quantitative estimate of drug-likeness (QED) is 0.440. The van der Waals surface area contributed by atoms with Crippen molar-refractivity contribution >= 4 is 5.84 Å². The number of amidine groups is 1. The van der Waals surface area contributed by atoms with E-state index in [1.165, 1.54) is 6.20 Å². The van der Waals surface area contributed by atoms with Gasteiger partial charge in [0.05, 0.1) is 6.61 Å². The SMILES string of the molecule is N=C(N)c1ccc(OCCO)nc1. The van der Waals surface area contributed by atoms with Gasteiger partial charge in [-0.05, 0) is 6.07 Å². The van der Waals surface area contributed by atoms with E-state index >= 15 is 0 Å². The van der Waals surface area contributed by atoms with E-state index in [4.69, 9.17) is 21.0 Å². The van der Waals surface area contributed by atoms with Gasteiger partial charge in [-0.2, -0.15) is 0 Å². The Morgan fingerprint density at radius 3 is 2.85 bits per heavy atom.